The molecule has 7 rings (SSSR count). The molecule has 1 N–H and O–H groups in total. The number of hydrogen-bond acceptors (Lipinski definition) is 6. The summed E-state index contributed by atoms with van der Waals surface area (Å²) in [6, 6.07) is 34.7. The molecule has 1 aromatic heterocycles. The quantitative estimate of drug-likeness (QED) is 0.246. The lowest BCUT2D eigenvalue weighted by Gasteiger charge is -2.33. The second kappa shape index (κ2) is 12.2. The topological polar surface area (TPSA) is 91.8 Å². The fraction of sp³-hybridized carbons (Fsp3) is 0.297. The Labute approximate surface area is 269 Å². The van der Waals surface area contributed by atoms with Gasteiger partial charge in [0.15, 0.2) is 6.23 Å². The van der Waals surface area contributed by atoms with E-state index < -0.39 is 44.3 Å². The van der Waals surface area contributed by atoms with Gasteiger partial charge in [-0.2, -0.15) is 0 Å². The van der Waals surface area contributed by atoms with Gasteiger partial charge in [-0.05, 0) is 37.7 Å². The highest BCUT2D eigenvalue weighted by Gasteiger charge is 2.63. The molecule has 5 aromatic rings. The van der Waals surface area contributed by atoms with Gasteiger partial charge in [0, 0.05) is 12.3 Å². The van der Waals surface area contributed by atoms with Crippen LogP contribution in [0.3, 0.4) is 0 Å². The number of nitrogens with one attached hydrogen (secondary N) is 1. The standard InChI is InChI=1S/C37H37N2O6Si/c1-36(2,3)27-16-18-29(19-17-27)46(28-13-5-4-6-14-28)44-24-37-23-43-32(34(45-37)39-21-20-31(40)38-35(39)41)33(37)42-22-26-12-9-11-25-10-7-8-15-30(25)26/h4-21,32-34H,22-24H2,1-3H3,(H,38,40,41)/t32-,33+,34+,37-/m0/s1. The van der Waals surface area contributed by atoms with E-state index in [2.05, 4.69) is 86.4 Å². The van der Waals surface area contributed by atoms with Crippen molar-refractivity contribution in [2.45, 2.75) is 56.8 Å². The fourth-order valence-electron chi connectivity index (χ4n) is 6.43. The van der Waals surface area contributed by atoms with E-state index in [9.17, 15) is 9.59 Å². The summed E-state index contributed by atoms with van der Waals surface area (Å²) < 4.78 is 28.0. The van der Waals surface area contributed by atoms with E-state index in [0.29, 0.717) is 6.61 Å². The molecule has 2 fully saturated rings. The van der Waals surface area contributed by atoms with Crippen LogP contribution in [0.2, 0.25) is 0 Å². The monoisotopic (exact) mass is 633 g/mol. The molecule has 2 aliphatic heterocycles. The fourth-order valence-corrected chi connectivity index (χ4v) is 8.45. The van der Waals surface area contributed by atoms with Crippen LogP contribution in [0.15, 0.2) is 119 Å². The smallest absolute Gasteiger partial charge is 0.330 e. The van der Waals surface area contributed by atoms with Crippen molar-refractivity contribution >= 4 is 30.2 Å². The van der Waals surface area contributed by atoms with E-state index in [1.807, 2.05) is 36.4 Å². The van der Waals surface area contributed by atoms with Gasteiger partial charge in [-0.1, -0.05) is 118 Å². The minimum atomic E-state index is -1.70. The van der Waals surface area contributed by atoms with Crippen molar-refractivity contribution in [2.75, 3.05) is 13.2 Å². The van der Waals surface area contributed by atoms with Gasteiger partial charge in [-0.3, -0.25) is 14.3 Å². The lowest BCUT2D eigenvalue weighted by atomic mass is 9.87. The SMILES string of the molecule is CC(C)(C)c1ccc([Si](OC[C@]23CO[C@H]([C@H](n4ccc(=O)[nH]c4=O)O2)[C@H]3OCc2cccc3ccccc23)c2ccccc2)cc1. The van der Waals surface area contributed by atoms with E-state index in [-0.39, 0.29) is 18.6 Å². The number of hydrogen-bond donors (Lipinski definition) is 1. The summed E-state index contributed by atoms with van der Waals surface area (Å²) >= 11 is 0. The van der Waals surface area contributed by atoms with E-state index in [4.69, 9.17) is 18.6 Å². The van der Waals surface area contributed by atoms with Gasteiger partial charge < -0.3 is 18.6 Å². The summed E-state index contributed by atoms with van der Waals surface area (Å²) in [4.78, 5) is 27.1. The second-order valence-corrected chi connectivity index (χ2v) is 15.1. The Bertz CT molecular complexity index is 1950. The average Bonchev–Trinajstić information content (AvgIpc) is 3.56. The average molecular weight is 634 g/mol. The Morgan fingerprint density at radius 1 is 0.891 bits per heavy atom. The van der Waals surface area contributed by atoms with Crippen LogP contribution in [0.4, 0.5) is 0 Å². The lowest BCUT2D eigenvalue weighted by molar-refractivity contribution is -0.186. The Morgan fingerprint density at radius 3 is 2.37 bits per heavy atom. The summed E-state index contributed by atoms with van der Waals surface area (Å²) in [5, 5.41) is 4.48. The highest BCUT2D eigenvalue weighted by molar-refractivity contribution is 6.80. The Balaban J connectivity index is 1.21. The molecular weight excluding hydrogens is 597 g/mol. The number of aromatic nitrogens is 2. The zero-order valence-corrected chi connectivity index (χ0v) is 27.1. The molecule has 9 heteroatoms. The molecule has 0 saturated carbocycles. The van der Waals surface area contributed by atoms with Crippen LogP contribution in [0.5, 0.6) is 0 Å². The van der Waals surface area contributed by atoms with E-state index in [1.165, 1.54) is 22.4 Å². The van der Waals surface area contributed by atoms with Gasteiger partial charge in [0.1, 0.15) is 17.8 Å². The molecule has 0 aliphatic carbocycles. The molecular formula is C37H37N2O6Si. The summed E-state index contributed by atoms with van der Waals surface area (Å²) in [7, 11) is -1.70. The molecule has 4 aromatic carbocycles. The molecule has 2 saturated heterocycles. The van der Waals surface area contributed by atoms with Gasteiger partial charge in [0.25, 0.3) is 14.6 Å². The molecule has 2 aliphatic rings. The normalized spacial score (nSPS) is 22.6. The zero-order chi connectivity index (χ0) is 31.9. The van der Waals surface area contributed by atoms with Crippen molar-refractivity contribution in [3.63, 3.8) is 0 Å². The van der Waals surface area contributed by atoms with Crippen LogP contribution < -0.4 is 21.6 Å². The molecule has 4 atom stereocenters. The first-order valence-corrected chi connectivity index (χ1v) is 17.0. The number of H-pyrrole nitrogens is 1. The third kappa shape index (κ3) is 5.81. The maximum atomic E-state index is 12.9. The number of fused-ring (bicyclic) bond motifs is 3. The minimum Gasteiger partial charge on any atom is -0.404 e. The van der Waals surface area contributed by atoms with Crippen molar-refractivity contribution < 1.29 is 18.6 Å². The van der Waals surface area contributed by atoms with Crippen molar-refractivity contribution in [3.8, 4) is 0 Å². The maximum absolute atomic E-state index is 12.9. The summed E-state index contributed by atoms with van der Waals surface area (Å²) in [6.07, 6.45) is -0.460. The van der Waals surface area contributed by atoms with Crippen molar-refractivity contribution in [2.24, 2.45) is 0 Å². The number of aromatic amines is 1. The highest BCUT2D eigenvalue weighted by atomic mass is 28.3. The van der Waals surface area contributed by atoms with Crippen LogP contribution in [0.1, 0.15) is 38.1 Å². The van der Waals surface area contributed by atoms with Gasteiger partial charge in [0.05, 0.1) is 19.8 Å². The van der Waals surface area contributed by atoms with Gasteiger partial charge in [-0.15, -0.1) is 0 Å². The summed E-state index contributed by atoms with van der Waals surface area (Å²) in [5.41, 5.74) is 0.323. The molecule has 46 heavy (non-hydrogen) atoms. The third-order valence-electron chi connectivity index (χ3n) is 8.91. The van der Waals surface area contributed by atoms with Crippen LogP contribution in [-0.2, 0) is 30.7 Å². The predicted molar refractivity (Wildman–Crippen MR) is 179 cm³/mol. The van der Waals surface area contributed by atoms with Crippen molar-refractivity contribution in [1.29, 1.82) is 0 Å². The molecule has 2 bridgehead atoms. The zero-order valence-electron chi connectivity index (χ0n) is 26.1. The molecule has 235 valence electrons. The maximum Gasteiger partial charge on any atom is 0.330 e. The number of rotatable bonds is 9. The molecule has 1 radical (unpaired) electrons. The van der Waals surface area contributed by atoms with E-state index in [0.717, 1.165) is 26.7 Å². The Kier molecular flexibility index (Phi) is 8.12. The number of ether oxygens (including phenoxy) is 3. The van der Waals surface area contributed by atoms with Crippen LogP contribution in [-0.4, -0.2) is 49.6 Å². The lowest BCUT2D eigenvalue weighted by Crippen LogP contribution is -2.52. The highest BCUT2D eigenvalue weighted by Crippen LogP contribution is 2.47. The van der Waals surface area contributed by atoms with Crippen LogP contribution >= 0.6 is 0 Å². The van der Waals surface area contributed by atoms with E-state index >= 15 is 0 Å². The van der Waals surface area contributed by atoms with Crippen molar-refractivity contribution in [3.05, 3.63) is 141 Å². The Morgan fingerprint density at radius 2 is 1.61 bits per heavy atom. The van der Waals surface area contributed by atoms with Gasteiger partial charge in [0.2, 0.25) is 0 Å². The first-order valence-electron chi connectivity index (χ1n) is 15.6. The van der Waals surface area contributed by atoms with E-state index in [1.54, 1.807) is 0 Å². The number of benzene rings is 4. The first-order chi connectivity index (χ1) is 22.2. The molecule has 3 heterocycles. The van der Waals surface area contributed by atoms with Crippen LogP contribution in [0.25, 0.3) is 10.8 Å². The molecule has 8 nitrogen and oxygen atoms in total. The van der Waals surface area contributed by atoms with Gasteiger partial charge in [-0.25, -0.2) is 4.79 Å². The predicted octanol–water partition coefficient (Wildman–Crippen LogP) is 4.06. The largest absolute Gasteiger partial charge is 0.404 e. The Hall–Kier alpha value is -4.12. The molecule has 0 unspecified atom stereocenters. The van der Waals surface area contributed by atoms with Crippen LogP contribution in [0, 0.1) is 0 Å². The molecule has 0 amide bonds. The van der Waals surface area contributed by atoms with Crippen molar-refractivity contribution in [1.82, 2.24) is 9.55 Å². The van der Waals surface area contributed by atoms with Gasteiger partial charge >= 0.3 is 5.69 Å². The molecule has 0 spiro atoms. The number of nitrogens with zero attached hydrogens (tertiary/aromatic N) is 1. The third-order valence-corrected chi connectivity index (χ3v) is 11.1. The second-order valence-electron chi connectivity index (χ2n) is 13.0. The summed E-state index contributed by atoms with van der Waals surface area (Å²) in [5.74, 6) is 0. The first kappa shape index (κ1) is 30.5. The summed E-state index contributed by atoms with van der Waals surface area (Å²) in [6.45, 7) is 7.39. The minimum absolute atomic E-state index is 0.0370.